The smallest absolute Gasteiger partial charge is 0.346 e. The lowest BCUT2D eigenvalue weighted by molar-refractivity contribution is -0.141. The van der Waals surface area contributed by atoms with Crippen LogP contribution in [0.3, 0.4) is 0 Å². The number of hydrogen-bond acceptors (Lipinski definition) is 3. The van der Waals surface area contributed by atoms with Crippen LogP contribution in [0.4, 0.5) is 13.2 Å². The van der Waals surface area contributed by atoms with Crippen molar-refractivity contribution in [2.24, 2.45) is 0 Å². The van der Waals surface area contributed by atoms with Gasteiger partial charge in [0, 0.05) is 31.7 Å². The first kappa shape index (κ1) is 26.9. The quantitative estimate of drug-likeness (QED) is 0.401. The van der Waals surface area contributed by atoms with Gasteiger partial charge in [-0.2, -0.15) is 13.2 Å². The van der Waals surface area contributed by atoms with Crippen LogP contribution in [0.25, 0.3) is 11.1 Å². The fourth-order valence-electron chi connectivity index (χ4n) is 5.95. The van der Waals surface area contributed by atoms with E-state index in [2.05, 4.69) is 10.2 Å². The topological polar surface area (TPSA) is 52.7 Å². The molecular weight excluding hydrogens is 503 g/mol. The van der Waals surface area contributed by atoms with E-state index < -0.39 is 24.0 Å². The molecule has 0 spiro atoms. The fraction of sp³-hybridized carbons (Fsp3) is 0.355. The van der Waals surface area contributed by atoms with Crippen molar-refractivity contribution in [1.29, 1.82) is 0 Å². The molecule has 1 saturated heterocycles. The number of piperazine rings is 1. The van der Waals surface area contributed by atoms with Gasteiger partial charge >= 0.3 is 6.18 Å². The molecule has 2 aliphatic rings. The number of unbranched alkanes of at least 4 members (excludes halogenated alkanes) is 1. The highest BCUT2D eigenvalue weighted by Crippen LogP contribution is 2.51. The van der Waals surface area contributed by atoms with Gasteiger partial charge in [0.05, 0.1) is 0 Å². The molecule has 0 aromatic heterocycles. The number of hydrogen-bond donors (Lipinski definition) is 1. The number of nitrogens with zero attached hydrogens (tertiary/aromatic N) is 2. The Morgan fingerprint density at radius 1 is 0.769 bits per heavy atom. The Balaban J connectivity index is 1.25. The summed E-state index contributed by atoms with van der Waals surface area (Å²) >= 11 is 0. The van der Waals surface area contributed by atoms with Crippen molar-refractivity contribution < 1.29 is 22.8 Å². The van der Waals surface area contributed by atoms with Crippen molar-refractivity contribution in [3.63, 3.8) is 0 Å². The summed E-state index contributed by atoms with van der Waals surface area (Å²) in [5, 5.41) is 2.19. The number of carbonyl (C=O) groups excluding carboxylic acids is 2. The number of rotatable bonds is 8. The normalized spacial score (nSPS) is 16.4. The van der Waals surface area contributed by atoms with Crippen LogP contribution in [0.15, 0.2) is 78.9 Å². The molecule has 5 nitrogen and oxygen atoms in total. The van der Waals surface area contributed by atoms with Gasteiger partial charge in [-0.25, -0.2) is 0 Å². The highest BCUT2D eigenvalue weighted by molar-refractivity contribution is 6.00. The van der Waals surface area contributed by atoms with Crippen molar-refractivity contribution in [3.05, 3.63) is 95.6 Å². The van der Waals surface area contributed by atoms with Gasteiger partial charge < -0.3 is 10.2 Å². The Morgan fingerprint density at radius 2 is 1.33 bits per heavy atom. The molecule has 1 N–H and O–H groups in total. The largest absolute Gasteiger partial charge is 0.405 e. The summed E-state index contributed by atoms with van der Waals surface area (Å²) in [6, 6.07) is 24.3. The van der Waals surface area contributed by atoms with E-state index in [-0.39, 0.29) is 5.91 Å². The molecule has 0 saturated carbocycles. The summed E-state index contributed by atoms with van der Waals surface area (Å²) in [5.74, 6) is -0.564. The summed E-state index contributed by atoms with van der Waals surface area (Å²) in [4.78, 5) is 30.5. The van der Waals surface area contributed by atoms with Crippen molar-refractivity contribution in [3.8, 4) is 11.1 Å². The minimum atomic E-state index is -4.49. The molecule has 3 aromatic rings. The molecule has 0 radical (unpaired) electrons. The van der Waals surface area contributed by atoms with Crippen LogP contribution >= 0.6 is 0 Å². The molecule has 5 rings (SSSR count). The second kappa shape index (κ2) is 11.2. The molecule has 1 fully saturated rings. The lowest BCUT2D eigenvalue weighted by atomic mass is 9.73. The number of nitrogens with one attached hydrogen (secondary N) is 1. The van der Waals surface area contributed by atoms with E-state index in [1.54, 1.807) is 0 Å². The fourth-order valence-corrected chi connectivity index (χ4v) is 5.95. The SMILES string of the molecule is O=C(c1ccccc1)N1CCN(CCCCC2(C(=O)NCC(F)(F)F)c3ccccc3-c3ccccc32)CC1. The first-order chi connectivity index (χ1) is 18.8. The predicted molar refractivity (Wildman–Crippen MR) is 144 cm³/mol. The first-order valence-corrected chi connectivity index (χ1v) is 13.4. The predicted octanol–water partition coefficient (Wildman–Crippen LogP) is 5.26. The average molecular weight is 536 g/mol. The second-order valence-electron chi connectivity index (χ2n) is 10.3. The van der Waals surface area contributed by atoms with Gasteiger partial charge in [-0.15, -0.1) is 0 Å². The van der Waals surface area contributed by atoms with Crippen molar-refractivity contribution in [2.45, 2.75) is 30.9 Å². The molecule has 1 heterocycles. The summed E-state index contributed by atoms with van der Waals surface area (Å²) in [6.07, 6.45) is -2.60. The van der Waals surface area contributed by atoms with E-state index in [0.717, 1.165) is 48.3 Å². The van der Waals surface area contributed by atoms with Crippen LogP contribution in [0, 0.1) is 0 Å². The Kier molecular flexibility index (Phi) is 7.75. The summed E-state index contributed by atoms with van der Waals surface area (Å²) in [7, 11) is 0. The van der Waals surface area contributed by atoms with Crippen LogP contribution in [0.2, 0.25) is 0 Å². The van der Waals surface area contributed by atoms with Gasteiger partial charge in [0.25, 0.3) is 5.91 Å². The maximum absolute atomic E-state index is 13.6. The third-order valence-electron chi connectivity index (χ3n) is 7.86. The van der Waals surface area contributed by atoms with Gasteiger partial charge in [0.2, 0.25) is 5.91 Å². The van der Waals surface area contributed by atoms with Gasteiger partial charge in [0.15, 0.2) is 0 Å². The van der Waals surface area contributed by atoms with Crippen LogP contribution in [0.5, 0.6) is 0 Å². The molecule has 2 amide bonds. The van der Waals surface area contributed by atoms with E-state index in [4.69, 9.17) is 0 Å². The standard InChI is InChI=1S/C31H32F3N3O2/c32-31(33,34)22-35-29(39)30(26-14-6-4-12-24(26)25-13-5-7-15-27(25)30)16-8-9-17-36-18-20-37(21-19-36)28(38)23-10-2-1-3-11-23/h1-7,10-15H,8-9,16-22H2,(H,35,39). The minimum Gasteiger partial charge on any atom is -0.346 e. The van der Waals surface area contributed by atoms with Crippen LogP contribution in [-0.4, -0.2) is 67.1 Å². The third-order valence-corrected chi connectivity index (χ3v) is 7.86. The van der Waals surface area contributed by atoms with Crippen molar-refractivity contribution in [1.82, 2.24) is 15.1 Å². The van der Waals surface area contributed by atoms with Gasteiger partial charge in [-0.1, -0.05) is 73.2 Å². The Bertz CT molecular complexity index is 1270. The highest BCUT2D eigenvalue weighted by atomic mass is 19.4. The summed E-state index contributed by atoms with van der Waals surface area (Å²) in [6.45, 7) is 2.28. The Labute approximate surface area is 226 Å². The van der Waals surface area contributed by atoms with Crippen molar-refractivity contribution in [2.75, 3.05) is 39.3 Å². The number of carbonyl (C=O) groups is 2. The van der Waals surface area contributed by atoms with Crippen molar-refractivity contribution >= 4 is 11.8 Å². The van der Waals surface area contributed by atoms with Crippen LogP contribution in [-0.2, 0) is 10.2 Å². The highest BCUT2D eigenvalue weighted by Gasteiger charge is 2.49. The summed E-state index contributed by atoms with van der Waals surface area (Å²) in [5.41, 5.74) is 2.85. The Morgan fingerprint density at radius 3 is 1.92 bits per heavy atom. The number of amides is 2. The molecule has 204 valence electrons. The number of alkyl halides is 3. The first-order valence-electron chi connectivity index (χ1n) is 13.4. The summed E-state index contributed by atoms with van der Waals surface area (Å²) < 4.78 is 39.2. The molecule has 0 unspecified atom stereocenters. The molecule has 0 atom stereocenters. The molecule has 39 heavy (non-hydrogen) atoms. The molecule has 3 aromatic carbocycles. The maximum atomic E-state index is 13.6. The zero-order valence-electron chi connectivity index (χ0n) is 21.7. The van der Waals surface area contributed by atoms with Gasteiger partial charge in [-0.05, 0) is 53.8 Å². The zero-order chi connectivity index (χ0) is 27.5. The zero-order valence-corrected chi connectivity index (χ0v) is 21.7. The number of halogens is 3. The van der Waals surface area contributed by atoms with E-state index >= 15 is 0 Å². The minimum absolute atomic E-state index is 0.0422. The van der Waals surface area contributed by atoms with Crippen LogP contribution < -0.4 is 5.32 Å². The molecular formula is C31H32F3N3O2. The maximum Gasteiger partial charge on any atom is 0.405 e. The lowest BCUT2D eigenvalue weighted by Gasteiger charge is -2.35. The third kappa shape index (κ3) is 5.57. The monoisotopic (exact) mass is 535 g/mol. The number of fused-ring (bicyclic) bond motifs is 3. The lowest BCUT2D eigenvalue weighted by Crippen LogP contribution is -2.49. The Hall–Kier alpha value is -3.65. The molecule has 8 heteroatoms. The van der Waals surface area contributed by atoms with E-state index in [9.17, 15) is 22.8 Å². The van der Waals surface area contributed by atoms with Gasteiger partial charge in [-0.3, -0.25) is 14.5 Å². The molecule has 0 bridgehead atoms. The van der Waals surface area contributed by atoms with E-state index in [0.29, 0.717) is 31.5 Å². The molecule has 1 aliphatic carbocycles. The van der Waals surface area contributed by atoms with Gasteiger partial charge in [0.1, 0.15) is 12.0 Å². The number of benzene rings is 3. The van der Waals surface area contributed by atoms with E-state index in [1.165, 1.54) is 0 Å². The second-order valence-corrected chi connectivity index (χ2v) is 10.3. The molecule has 1 aliphatic heterocycles. The average Bonchev–Trinajstić information content (AvgIpc) is 3.25. The van der Waals surface area contributed by atoms with E-state index in [1.807, 2.05) is 83.8 Å². The van der Waals surface area contributed by atoms with Crippen LogP contribution in [0.1, 0.15) is 40.7 Å².